The summed E-state index contributed by atoms with van der Waals surface area (Å²) in [5.74, 6) is -2.90. The molecule has 0 unspecified atom stereocenters. The van der Waals surface area contributed by atoms with Crippen LogP contribution < -0.4 is 9.47 Å². The summed E-state index contributed by atoms with van der Waals surface area (Å²) >= 11 is 11.5. The molecule has 0 saturated heterocycles. The Morgan fingerprint density at radius 2 is 1.10 bits per heavy atom. The van der Waals surface area contributed by atoms with Gasteiger partial charge in [0.2, 0.25) is 0 Å². The quantitative estimate of drug-likeness (QED) is 0.0752. The van der Waals surface area contributed by atoms with Gasteiger partial charge in [0.15, 0.2) is 0 Å². The number of nitro benzene ring substituents is 2. The van der Waals surface area contributed by atoms with Gasteiger partial charge in [-0.3, -0.25) is 20.2 Å². The molecule has 0 spiro atoms. The van der Waals surface area contributed by atoms with E-state index in [0.717, 1.165) is 54.6 Å². The van der Waals surface area contributed by atoms with E-state index in [4.69, 9.17) is 42.5 Å². The largest absolute Gasteiger partial charge is 0.477 e. The van der Waals surface area contributed by atoms with Crippen LogP contribution in [0.25, 0.3) is 0 Å². The molecule has 0 saturated carbocycles. The van der Waals surface area contributed by atoms with Gasteiger partial charge in [0, 0.05) is 24.3 Å². The number of rotatable bonds is 9. The number of nitrogens with zero attached hydrogens (tertiary/aromatic N) is 2. The van der Waals surface area contributed by atoms with Crippen molar-refractivity contribution in [2.24, 2.45) is 0 Å². The maximum atomic E-state index is 12.6. The summed E-state index contributed by atoms with van der Waals surface area (Å²) in [5.41, 5.74) is -4.04. The number of carboxylic acids is 1. The minimum Gasteiger partial charge on any atom is -0.477 e. The molecule has 4 rings (SSSR count). The monoisotopic (exact) mass is 750 g/mol. The molecule has 12 nitrogen and oxygen atoms in total. The van der Waals surface area contributed by atoms with Crippen molar-refractivity contribution in [3.05, 3.63) is 125 Å². The predicted octanol–water partition coefficient (Wildman–Crippen LogP) is 9.99. The van der Waals surface area contributed by atoms with E-state index in [0.29, 0.717) is 12.1 Å². The van der Waals surface area contributed by atoms with E-state index < -0.39 is 62.2 Å². The van der Waals surface area contributed by atoms with Crippen LogP contribution in [0.2, 0.25) is 10.0 Å². The highest BCUT2D eigenvalue weighted by Gasteiger charge is 2.32. The van der Waals surface area contributed by atoms with Crippen LogP contribution in [-0.4, -0.2) is 33.5 Å². The number of alkyl halides is 6. The third-order valence-corrected chi connectivity index (χ3v) is 6.62. The molecule has 0 aliphatic rings. The number of hydrogen-bond acceptors (Lipinski definition) is 9. The molecule has 0 fully saturated rings. The number of halogens is 8. The zero-order valence-electron chi connectivity index (χ0n) is 24.7. The molecule has 0 atom stereocenters. The van der Waals surface area contributed by atoms with Crippen LogP contribution in [0.15, 0.2) is 72.8 Å². The summed E-state index contributed by atoms with van der Waals surface area (Å²) in [7, 11) is 0. The van der Waals surface area contributed by atoms with Gasteiger partial charge >= 0.3 is 24.3 Å². The maximum Gasteiger partial charge on any atom is 0.416 e. The fourth-order valence-corrected chi connectivity index (χ4v) is 4.23. The van der Waals surface area contributed by atoms with Crippen molar-refractivity contribution >= 4 is 46.5 Å². The van der Waals surface area contributed by atoms with Crippen LogP contribution in [-0.2, 0) is 17.1 Å². The lowest BCUT2D eigenvalue weighted by Crippen LogP contribution is -2.08. The van der Waals surface area contributed by atoms with Gasteiger partial charge in [-0.25, -0.2) is 9.59 Å². The summed E-state index contributed by atoms with van der Waals surface area (Å²) in [4.78, 5) is 43.0. The van der Waals surface area contributed by atoms with Crippen LogP contribution in [0.1, 0.15) is 38.8 Å². The molecule has 0 aliphatic heterocycles. The standard InChI is InChI=1S/C16H11ClF3NO5.C14H7ClF3NO5/c1-2-25-15(22)11-8-10(4-5-13(11)21(23)24)26-14-6-3-9(7-12(14)17)16(18,19)20;15-10-5-7(14(16,17)18)1-4-12(10)24-8-2-3-11(19(22)23)9(6-8)13(20)21/h3-8H,2H2,1H3;1-6H,(H,20,21). The summed E-state index contributed by atoms with van der Waals surface area (Å²) in [5, 5.41) is 30.1. The number of carbonyl (C=O) groups excluding carboxylic acids is 1. The van der Waals surface area contributed by atoms with E-state index in [1.54, 1.807) is 0 Å². The van der Waals surface area contributed by atoms with Crippen LogP contribution in [0.3, 0.4) is 0 Å². The number of aromatic carboxylic acids is 1. The van der Waals surface area contributed by atoms with Crippen molar-refractivity contribution < 1.29 is 65.1 Å². The van der Waals surface area contributed by atoms with Gasteiger partial charge in [0.25, 0.3) is 11.4 Å². The topological polar surface area (TPSA) is 168 Å². The van der Waals surface area contributed by atoms with Gasteiger partial charge in [0.05, 0.1) is 37.6 Å². The second-order valence-electron chi connectivity index (χ2n) is 9.39. The van der Waals surface area contributed by atoms with Crippen molar-refractivity contribution in [1.82, 2.24) is 0 Å². The Labute approximate surface area is 285 Å². The first-order valence-electron chi connectivity index (χ1n) is 13.3. The molecule has 50 heavy (non-hydrogen) atoms. The smallest absolute Gasteiger partial charge is 0.416 e. The number of carboxylic acid groups (broad SMARTS) is 1. The molecule has 0 radical (unpaired) electrons. The van der Waals surface area contributed by atoms with Gasteiger partial charge in [-0.05, 0) is 55.5 Å². The first-order chi connectivity index (χ1) is 23.2. The van der Waals surface area contributed by atoms with Gasteiger partial charge in [-0.1, -0.05) is 23.2 Å². The van der Waals surface area contributed by atoms with Crippen LogP contribution in [0.5, 0.6) is 23.0 Å². The molecular weight excluding hydrogens is 733 g/mol. The first kappa shape index (κ1) is 38.8. The van der Waals surface area contributed by atoms with E-state index in [-0.39, 0.29) is 45.2 Å². The third kappa shape index (κ3) is 9.95. The average molecular weight is 751 g/mol. The summed E-state index contributed by atoms with van der Waals surface area (Å²) in [6.07, 6.45) is -9.14. The molecule has 4 aromatic rings. The Bertz CT molecular complexity index is 1950. The maximum absolute atomic E-state index is 12.6. The lowest BCUT2D eigenvalue weighted by molar-refractivity contribution is -0.385. The Hall–Kier alpha value is -5.62. The number of benzene rings is 4. The highest BCUT2D eigenvalue weighted by Crippen LogP contribution is 2.39. The fourth-order valence-electron chi connectivity index (χ4n) is 3.79. The number of esters is 1. The highest BCUT2D eigenvalue weighted by molar-refractivity contribution is 6.32. The second-order valence-corrected chi connectivity index (χ2v) is 10.2. The first-order valence-corrected chi connectivity index (χ1v) is 14.0. The van der Waals surface area contributed by atoms with Crippen molar-refractivity contribution in [3.8, 4) is 23.0 Å². The molecule has 0 heterocycles. The molecule has 264 valence electrons. The van der Waals surface area contributed by atoms with E-state index in [9.17, 15) is 56.2 Å². The third-order valence-electron chi connectivity index (χ3n) is 6.03. The Morgan fingerprint density at radius 1 is 0.700 bits per heavy atom. The van der Waals surface area contributed by atoms with Crippen LogP contribution >= 0.6 is 23.2 Å². The van der Waals surface area contributed by atoms with Crippen LogP contribution in [0, 0.1) is 20.2 Å². The van der Waals surface area contributed by atoms with Crippen LogP contribution in [0.4, 0.5) is 37.7 Å². The van der Waals surface area contributed by atoms with Crippen molar-refractivity contribution in [1.29, 1.82) is 0 Å². The normalized spacial score (nSPS) is 11.1. The van der Waals surface area contributed by atoms with E-state index in [1.807, 2.05) is 0 Å². The van der Waals surface area contributed by atoms with E-state index in [1.165, 1.54) is 13.0 Å². The van der Waals surface area contributed by atoms with E-state index >= 15 is 0 Å². The van der Waals surface area contributed by atoms with Gasteiger partial charge in [0.1, 0.15) is 34.1 Å². The van der Waals surface area contributed by atoms with Crippen molar-refractivity contribution in [2.45, 2.75) is 19.3 Å². The Balaban J connectivity index is 0.000000271. The number of carbonyl (C=O) groups is 2. The Kier molecular flexibility index (Phi) is 12.2. The second kappa shape index (κ2) is 15.7. The number of hydrogen-bond donors (Lipinski definition) is 1. The molecule has 4 aromatic carbocycles. The molecule has 1 N–H and O–H groups in total. The minimum absolute atomic E-state index is 0.00576. The minimum atomic E-state index is -4.58. The zero-order valence-corrected chi connectivity index (χ0v) is 26.2. The summed E-state index contributed by atoms with van der Waals surface area (Å²) in [6.45, 7) is 1.54. The number of nitro groups is 2. The molecule has 0 amide bonds. The van der Waals surface area contributed by atoms with E-state index in [2.05, 4.69) is 0 Å². The van der Waals surface area contributed by atoms with Gasteiger partial charge in [-0.2, -0.15) is 26.3 Å². The summed E-state index contributed by atoms with van der Waals surface area (Å²) < 4.78 is 90.9. The molecule has 0 bridgehead atoms. The Morgan fingerprint density at radius 3 is 1.44 bits per heavy atom. The number of ether oxygens (including phenoxy) is 3. The average Bonchev–Trinajstić information content (AvgIpc) is 3.02. The molecule has 0 aliphatic carbocycles. The lowest BCUT2D eigenvalue weighted by Gasteiger charge is -2.12. The lowest BCUT2D eigenvalue weighted by atomic mass is 10.1. The van der Waals surface area contributed by atoms with Gasteiger partial charge < -0.3 is 19.3 Å². The fraction of sp³-hybridized carbons (Fsp3) is 0.133. The highest BCUT2D eigenvalue weighted by atomic mass is 35.5. The van der Waals surface area contributed by atoms with Crippen molar-refractivity contribution in [2.75, 3.05) is 6.61 Å². The SMILES string of the molecule is CCOC(=O)c1cc(Oc2ccc(C(F)(F)F)cc2Cl)ccc1[N+](=O)[O-].O=C(O)c1cc(Oc2ccc(C(F)(F)F)cc2Cl)ccc1[N+](=O)[O-]. The van der Waals surface area contributed by atoms with Crippen molar-refractivity contribution in [3.63, 3.8) is 0 Å². The predicted molar refractivity (Wildman–Crippen MR) is 162 cm³/mol. The molecule has 0 aromatic heterocycles. The molecule has 20 heteroatoms. The zero-order chi connectivity index (χ0) is 37.6. The summed E-state index contributed by atoms with van der Waals surface area (Å²) in [6, 6.07) is 11.0. The van der Waals surface area contributed by atoms with Gasteiger partial charge in [-0.15, -0.1) is 0 Å². The molecular formula is C30H18Cl2F6N2O10.